The fourth-order valence-corrected chi connectivity index (χ4v) is 2.61. The summed E-state index contributed by atoms with van der Waals surface area (Å²) < 4.78 is 6.59. The van der Waals surface area contributed by atoms with Gasteiger partial charge in [-0.3, -0.25) is 0 Å². The predicted molar refractivity (Wildman–Crippen MR) is 85.6 cm³/mol. The SMILES string of the molecule is CCNC(C)c1ccnc(Oc2ccc(Cl)cc2Br)c1. The van der Waals surface area contributed by atoms with Crippen LogP contribution < -0.4 is 10.1 Å². The zero-order valence-electron chi connectivity index (χ0n) is 11.4. The lowest BCUT2D eigenvalue weighted by atomic mass is 10.1. The van der Waals surface area contributed by atoms with E-state index in [9.17, 15) is 0 Å². The second-order valence-corrected chi connectivity index (χ2v) is 5.67. The fraction of sp³-hybridized carbons (Fsp3) is 0.267. The quantitative estimate of drug-likeness (QED) is 0.823. The van der Waals surface area contributed by atoms with Crippen molar-refractivity contribution in [2.45, 2.75) is 19.9 Å². The number of halogens is 2. The first-order valence-corrected chi connectivity index (χ1v) is 7.59. The van der Waals surface area contributed by atoms with Crippen LogP contribution in [0.5, 0.6) is 11.6 Å². The largest absolute Gasteiger partial charge is 0.438 e. The molecule has 0 amide bonds. The maximum Gasteiger partial charge on any atom is 0.219 e. The summed E-state index contributed by atoms with van der Waals surface area (Å²) in [6, 6.07) is 9.58. The number of nitrogens with one attached hydrogen (secondary N) is 1. The van der Waals surface area contributed by atoms with Crippen molar-refractivity contribution in [2.24, 2.45) is 0 Å². The zero-order valence-corrected chi connectivity index (χ0v) is 13.7. The van der Waals surface area contributed by atoms with Crippen LogP contribution in [0.3, 0.4) is 0 Å². The summed E-state index contributed by atoms with van der Waals surface area (Å²) in [5.41, 5.74) is 1.14. The zero-order chi connectivity index (χ0) is 14.5. The van der Waals surface area contributed by atoms with E-state index in [4.69, 9.17) is 16.3 Å². The van der Waals surface area contributed by atoms with Crippen LogP contribution in [-0.2, 0) is 0 Å². The highest BCUT2D eigenvalue weighted by atomic mass is 79.9. The van der Waals surface area contributed by atoms with Crippen molar-refractivity contribution < 1.29 is 4.74 Å². The molecule has 20 heavy (non-hydrogen) atoms. The van der Waals surface area contributed by atoms with Crippen molar-refractivity contribution in [3.63, 3.8) is 0 Å². The van der Waals surface area contributed by atoms with Gasteiger partial charge in [0.1, 0.15) is 5.75 Å². The third-order valence-corrected chi connectivity index (χ3v) is 3.73. The number of benzene rings is 1. The normalized spacial score (nSPS) is 12.2. The van der Waals surface area contributed by atoms with E-state index in [2.05, 4.69) is 40.1 Å². The average Bonchev–Trinajstić information content (AvgIpc) is 2.43. The van der Waals surface area contributed by atoms with Gasteiger partial charge in [0.15, 0.2) is 0 Å². The number of hydrogen-bond acceptors (Lipinski definition) is 3. The van der Waals surface area contributed by atoms with Crippen molar-refractivity contribution in [2.75, 3.05) is 6.54 Å². The standard InChI is InChI=1S/C15H16BrClN2O/c1-3-18-10(2)11-6-7-19-15(8-11)20-14-5-4-12(17)9-13(14)16/h4-10,18H,3H2,1-2H3. The summed E-state index contributed by atoms with van der Waals surface area (Å²) >= 11 is 9.34. The van der Waals surface area contributed by atoms with Gasteiger partial charge in [0.2, 0.25) is 5.88 Å². The molecule has 0 saturated heterocycles. The van der Waals surface area contributed by atoms with E-state index in [-0.39, 0.29) is 6.04 Å². The lowest BCUT2D eigenvalue weighted by Gasteiger charge is -2.14. The fourth-order valence-electron chi connectivity index (χ4n) is 1.84. The molecule has 0 spiro atoms. The first kappa shape index (κ1) is 15.3. The van der Waals surface area contributed by atoms with E-state index in [0.717, 1.165) is 16.6 Å². The van der Waals surface area contributed by atoms with E-state index in [1.54, 1.807) is 18.3 Å². The highest BCUT2D eigenvalue weighted by molar-refractivity contribution is 9.10. The molecule has 1 aromatic heterocycles. The number of aromatic nitrogens is 1. The number of nitrogens with zero attached hydrogens (tertiary/aromatic N) is 1. The van der Waals surface area contributed by atoms with E-state index >= 15 is 0 Å². The summed E-state index contributed by atoms with van der Waals surface area (Å²) in [5.74, 6) is 1.26. The maximum atomic E-state index is 5.91. The van der Waals surface area contributed by atoms with Gasteiger partial charge in [0.05, 0.1) is 4.47 Å². The third-order valence-electron chi connectivity index (χ3n) is 2.88. The highest BCUT2D eigenvalue weighted by Gasteiger charge is 2.08. The minimum atomic E-state index is 0.263. The van der Waals surface area contributed by atoms with Crippen molar-refractivity contribution in [3.8, 4) is 11.6 Å². The van der Waals surface area contributed by atoms with E-state index < -0.39 is 0 Å². The maximum absolute atomic E-state index is 5.91. The number of rotatable bonds is 5. The highest BCUT2D eigenvalue weighted by Crippen LogP contribution is 2.31. The molecule has 0 aliphatic carbocycles. The van der Waals surface area contributed by atoms with Crippen LogP contribution in [0.2, 0.25) is 5.02 Å². The van der Waals surface area contributed by atoms with Crippen LogP contribution in [0.1, 0.15) is 25.5 Å². The Balaban J connectivity index is 2.19. The summed E-state index contributed by atoms with van der Waals surface area (Å²) in [6.07, 6.45) is 1.75. The van der Waals surface area contributed by atoms with Gasteiger partial charge >= 0.3 is 0 Å². The smallest absolute Gasteiger partial charge is 0.219 e. The molecule has 2 aromatic rings. The minimum Gasteiger partial charge on any atom is -0.438 e. The Morgan fingerprint density at radius 2 is 2.15 bits per heavy atom. The van der Waals surface area contributed by atoms with E-state index in [1.165, 1.54) is 0 Å². The van der Waals surface area contributed by atoms with Gasteiger partial charge in [-0.15, -0.1) is 0 Å². The molecule has 1 N–H and O–H groups in total. The first-order valence-electron chi connectivity index (χ1n) is 6.42. The second kappa shape index (κ2) is 7.07. The Bertz CT molecular complexity index is 592. The van der Waals surface area contributed by atoms with Crippen LogP contribution in [0.25, 0.3) is 0 Å². The molecule has 106 valence electrons. The molecule has 0 aliphatic rings. The number of pyridine rings is 1. The minimum absolute atomic E-state index is 0.263. The average molecular weight is 356 g/mol. The van der Waals surface area contributed by atoms with Gasteiger partial charge < -0.3 is 10.1 Å². The van der Waals surface area contributed by atoms with Gasteiger partial charge in [-0.1, -0.05) is 18.5 Å². The van der Waals surface area contributed by atoms with Crippen molar-refractivity contribution in [3.05, 3.63) is 51.6 Å². The Hall–Kier alpha value is -1.10. The molecule has 0 aliphatic heterocycles. The molecule has 1 aromatic carbocycles. The molecular formula is C15H16BrClN2O. The van der Waals surface area contributed by atoms with Crippen molar-refractivity contribution >= 4 is 27.5 Å². The molecule has 0 saturated carbocycles. The Morgan fingerprint density at radius 3 is 2.85 bits per heavy atom. The van der Waals surface area contributed by atoms with E-state index in [0.29, 0.717) is 16.7 Å². The molecule has 0 fully saturated rings. The second-order valence-electron chi connectivity index (χ2n) is 4.38. The Morgan fingerprint density at radius 1 is 1.35 bits per heavy atom. The summed E-state index contributed by atoms with van der Waals surface area (Å²) in [4.78, 5) is 4.24. The molecule has 2 rings (SSSR count). The Labute approximate surface area is 132 Å². The Kier molecular flexibility index (Phi) is 5.40. The molecule has 0 radical (unpaired) electrons. The van der Waals surface area contributed by atoms with E-state index in [1.807, 2.05) is 18.2 Å². The molecule has 1 atom stereocenters. The monoisotopic (exact) mass is 354 g/mol. The summed E-state index contributed by atoms with van der Waals surface area (Å²) in [5, 5.41) is 4.02. The van der Waals surface area contributed by atoms with Crippen LogP contribution in [0.15, 0.2) is 41.0 Å². The molecule has 3 nitrogen and oxygen atoms in total. The van der Waals surface area contributed by atoms with Crippen LogP contribution in [-0.4, -0.2) is 11.5 Å². The van der Waals surface area contributed by atoms with Gasteiger partial charge in [-0.25, -0.2) is 4.98 Å². The molecule has 0 bridgehead atoms. The van der Waals surface area contributed by atoms with Crippen molar-refractivity contribution in [1.29, 1.82) is 0 Å². The number of ether oxygens (including phenoxy) is 1. The van der Waals surface area contributed by atoms with Gasteiger partial charge in [-0.2, -0.15) is 0 Å². The lowest BCUT2D eigenvalue weighted by molar-refractivity contribution is 0.457. The van der Waals surface area contributed by atoms with Crippen LogP contribution in [0.4, 0.5) is 0 Å². The summed E-state index contributed by atoms with van der Waals surface area (Å²) in [7, 11) is 0. The van der Waals surface area contributed by atoms with Crippen LogP contribution in [0, 0.1) is 0 Å². The summed E-state index contributed by atoms with van der Waals surface area (Å²) in [6.45, 7) is 5.11. The molecular weight excluding hydrogens is 340 g/mol. The predicted octanol–water partition coefficient (Wildman–Crippen LogP) is 4.96. The third kappa shape index (κ3) is 3.95. The van der Waals surface area contributed by atoms with Crippen molar-refractivity contribution in [1.82, 2.24) is 10.3 Å². The molecule has 1 heterocycles. The van der Waals surface area contributed by atoms with Gasteiger partial charge in [-0.05, 0) is 59.2 Å². The van der Waals surface area contributed by atoms with Gasteiger partial charge in [0, 0.05) is 23.3 Å². The lowest BCUT2D eigenvalue weighted by Crippen LogP contribution is -2.17. The molecule has 5 heteroatoms. The topological polar surface area (TPSA) is 34.2 Å². The van der Waals surface area contributed by atoms with Gasteiger partial charge in [0.25, 0.3) is 0 Å². The molecule has 1 unspecified atom stereocenters. The first-order chi connectivity index (χ1) is 9.60. The van der Waals surface area contributed by atoms with Crippen LogP contribution >= 0.6 is 27.5 Å². The number of hydrogen-bond donors (Lipinski definition) is 1.